The number of nitrogens with zero attached hydrogens (tertiary/aromatic N) is 5. The van der Waals surface area contributed by atoms with Gasteiger partial charge in [0.15, 0.2) is 0 Å². The molecule has 0 spiro atoms. The zero-order chi connectivity index (χ0) is 26.1. The summed E-state index contributed by atoms with van der Waals surface area (Å²) in [4.78, 5) is 9.93. The third-order valence-corrected chi connectivity index (χ3v) is 7.87. The van der Waals surface area contributed by atoms with Gasteiger partial charge in [0.1, 0.15) is 11.6 Å². The summed E-state index contributed by atoms with van der Waals surface area (Å²) in [6.45, 7) is 0. The maximum absolute atomic E-state index is 4.97. The van der Waals surface area contributed by atoms with Crippen LogP contribution in [-0.4, -0.2) is 23.7 Å². The van der Waals surface area contributed by atoms with Gasteiger partial charge in [-0.3, -0.25) is 0 Å². The molecular weight excluding hydrogens is 478 g/mol. The molecule has 0 unspecified atom stereocenters. The fourth-order valence-electron chi connectivity index (χ4n) is 5.98. The molecule has 0 aliphatic heterocycles. The smallest absolute Gasteiger partial charge is 0.140 e. The van der Waals surface area contributed by atoms with Crippen LogP contribution in [0.3, 0.4) is 0 Å². The van der Waals surface area contributed by atoms with Crippen molar-refractivity contribution < 1.29 is 0 Å². The van der Waals surface area contributed by atoms with Gasteiger partial charge < -0.3 is 13.7 Å². The Labute approximate surface area is 225 Å². The quantitative estimate of drug-likeness (QED) is 0.246. The first-order valence-electron chi connectivity index (χ1n) is 13.1. The summed E-state index contributed by atoms with van der Waals surface area (Å²) < 4.78 is 6.71. The second kappa shape index (κ2) is 8.17. The number of hydrogen-bond acceptors (Lipinski definition) is 2. The van der Waals surface area contributed by atoms with Crippen molar-refractivity contribution in [2.45, 2.75) is 0 Å². The Morgan fingerprint density at radius 3 is 1.69 bits per heavy atom. The van der Waals surface area contributed by atoms with E-state index in [1.165, 1.54) is 16.3 Å². The van der Waals surface area contributed by atoms with Gasteiger partial charge in [0, 0.05) is 41.7 Å². The van der Waals surface area contributed by atoms with Gasteiger partial charge in [-0.25, -0.2) is 9.97 Å². The zero-order valence-electron chi connectivity index (χ0n) is 21.7. The lowest BCUT2D eigenvalue weighted by atomic mass is 10.1. The standard InChI is InChI=1S/C34H25N5/c1-37-30-16-7-4-13-27(30)35-33(37)22-10-9-11-24(20-22)39-29-15-6-3-12-25(29)26-19-18-23(21-32(26)39)34-36-28-14-5-8-17-31(28)38(34)2/h3-21H,1-2H3. The van der Waals surface area contributed by atoms with Gasteiger partial charge in [0.05, 0.1) is 33.1 Å². The molecule has 0 aliphatic carbocycles. The summed E-state index contributed by atoms with van der Waals surface area (Å²) >= 11 is 0. The molecule has 8 aromatic rings. The minimum absolute atomic E-state index is 0.958. The lowest BCUT2D eigenvalue weighted by molar-refractivity contribution is 0.958. The van der Waals surface area contributed by atoms with Crippen LogP contribution in [0.25, 0.3) is 72.3 Å². The molecule has 8 rings (SSSR count). The van der Waals surface area contributed by atoms with E-state index in [9.17, 15) is 0 Å². The van der Waals surface area contributed by atoms with Crippen molar-refractivity contribution in [2.24, 2.45) is 14.1 Å². The Balaban J connectivity index is 1.37. The summed E-state index contributed by atoms with van der Waals surface area (Å²) in [5.74, 6) is 1.92. The van der Waals surface area contributed by atoms with E-state index < -0.39 is 0 Å². The molecule has 39 heavy (non-hydrogen) atoms. The highest BCUT2D eigenvalue weighted by Gasteiger charge is 2.17. The number of benzene rings is 5. The fraction of sp³-hybridized carbons (Fsp3) is 0.0588. The van der Waals surface area contributed by atoms with Crippen LogP contribution in [0.2, 0.25) is 0 Å². The first kappa shape index (κ1) is 21.9. The van der Waals surface area contributed by atoms with E-state index in [1.54, 1.807) is 0 Å². The number of aryl methyl sites for hydroxylation is 2. The van der Waals surface area contributed by atoms with Crippen LogP contribution in [-0.2, 0) is 14.1 Å². The van der Waals surface area contributed by atoms with E-state index in [2.05, 4.69) is 131 Å². The summed E-state index contributed by atoms with van der Waals surface area (Å²) in [5.41, 5.74) is 9.88. The topological polar surface area (TPSA) is 40.6 Å². The number of aromatic nitrogens is 5. The Kier molecular flexibility index (Phi) is 4.58. The molecule has 186 valence electrons. The molecule has 0 aliphatic rings. The number of fused-ring (bicyclic) bond motifs is 5. The van der Waals surface area contributed by atoms with Crippen molar-refractivity contribution in [1.29, 1.82) is 0 Å². The molecule has 0 fully saturated rings. The molecule has 0 saturated heterocycles. The first-order chi connectivity index (χ1) is 19.2. The van der Waals surface area contributed by atoms with E-state index >= 15 is 0 Å². The predicted molar refractivity (Wildman–Crippen MR) is 160 cm³/mol. The van der Waals surface area contributed by atoms with Gasteiger partial charge in [0.2, 0.25) is 0 Å². The number of imidazole rings is 2. The fourth-order valence-corrected chi connectivity index (χ4v) is 5.98. The van der Waals surface area contributed by atoms with Gasteiger partial charge in [-0.2, -0.15) is 0 Å². The molecule has 3 aromatic heterocycles. The van der Waals surface area contributed by atoms with Crippen LogP contribution in [0.1, 0.15) is 0 Å². The summed E-state index contributed by atoms with van der Waals surface area (Å²) in [5, 5.41) is 2.46. The Morgan fingerprint density at radius 1 is 0.462 bits per heavy atom. The normalized spacial score (nSPS) is 11.8. The molecule has 0 saturated carbocycles. The summed E-state index contributed by atoms with van der Waals surface area (Å²) in [7, 11) is 4.17. The minimum atomic E-state index is 0.958. The Morgan fingerprint density at radius 2 is 1.03 bits per heavy atom. The predicted octanol–water partition coefficient (Wildman–Crippen LogP) is 7.89. The Hall–Kier alpha value is -5.16. The molecule has 5 nitrogen and oxygen atoms in total. The van der Waals surface area contributed by atoms with Crippen LogP contribution in [0, 0.1) is 0 Å². The van der Waals surface area contributed by atoms with Crippen molar-refractivity contribution in [3.8, 4) is 28.5 Å². The van der Waals surface area contributed by atoms with Crippen LogP contribution in [0.4, 0.5) is 0 Å². The van der Waals surface area contributed by atoms with Gasteiger partial charge in [-0.1, -0.05) is 66.7 Å². The maximum atomic E-state index is 4.97. The first-order valence-corrected chi connectivity index (χ1v) is 13.1. The average molecular weight is 504 g/mol. The largest absolute Gasteiger partial charge is 0.327 e. The summed E-state index contributed by atoms with van der Waals surface area (Å²) in [6, 6.07) is 40.6. The van der Waals surface area contributed by atoms with Crippen molar-refractivity contribution in [3.05, 3.63) is 115 Å². The molecular formula is C34H25N5. The molecule has 5 heteroatoms. The van der Waals surface area contributed by atoms with E-state index in [1.807, 2.05) is 12.1 Å². The SMILES string of the molecule is Cn1c(-c2cccc(-n3c4ccccc4c4ccc(-c5nc6ccccc6n5C)cc43)c2)nc2ccccc21. The van der Waals surface area contributed by atoms with Crippen LogP contribution >= 0.6 is 0 Å². The third-order valence-electron chi connectivity index (χ3n) is 7.87. The third kappa shape index (κ3) is 3.20. The second-order valence-corrected chi connectivity index (χ2v) is 10.1. The lowest BCUT2D eigenvalue weighted by Gasteiger charge is -2.11. The highest BCUT2D eigenvalue weighted by Crippen LogP contribution is 2.36. The lowest BCUT2D eigenvalue weighted by Crippen LogP contribution is -1.97. The Bertz CT molecular complexity index is 2210. The van der Waals surface area contributed by atoms with Crippen LogP contribution in [0.5, 0.6) is 0 Å². The van der Waals surface area contributed by atoms with Crippen molar-refractivity contribution in [3.63, 3.8) is 0 Å². The van der Waals surface area contributed by atoms with Crippen molar-refractivity contribution in [2.75, 3.05) is 0 Å². The molecule has 0 radical (unpaired) electrons. The average Bonchev–Trinajstić information content (AvgIpc) is 3.62. The molecule has 5 aromatic carbocycles. The monoisotopic (exact) mass is 503 g/mol. The van der Waals surface area contributed by atoms with E-state index in [0.717, 1.165) is 56.0 Å². The van der Waals surface area contributed by atoms with E-state index in [-0.39, 0.29) is 0 Å². The van der Waals surface area contributed by atoms with Crippen LogP contribution < -0.4 is 0 Å². The van der Waals surface area contributed by atoms with E-state index in [0.29, 0.717) is 0 Å². The second-order valence-electron chi connectivity index (χ2n) is 10.1. The highest BCUT2D eigenvalue weighted by atomic mass is 15.1. The zero-order valence-corrected chi connectivity index (χ0v) is 21.7. The van der Waals surface area contributed by atoms with Gasteiger partial charge in [0.25, 0.3) is 0 Å². The van der Waals surface area contributed by atoms with Gasteiger partial charge in [-0.15, -0.1) is 0 Å². The molecule has 3 heterocycles. The number of hydrogen-bond donors (Lipinski definition) is 0. The number of rotatable bonds is 3. The molecule has 0 atom stereocenters. The van der Waals surface area contributed by atoms with Gasteiger partial charge in [-0.05, 0) is 48.5 Å². The van der Waals surface area contributed by atoms with Crippen molar-refractivity contribution in [1.82, 2.24) is 23.7 Å². The maximum Gasteiger partial charge on any atom is 0.140 e. The van der Waals surface area contributed by atoms with Crippen molar-refractivity contribution >= 4 is 43.9 Å². The number of para-hydroxylation sites is 5. The van der Waals surface area contributed by atoms with Crippen LogP contribution in [0.15, 0.2) is 115 Å². The van der Waals surface area contributed by atoms with Gasteiger partial charge >= 0.3 is 0 Å². The van der Waals surface area contributed by atoms with E-state index in [4.69, 9.17) is 9.97 Å². The highest BCUT2D eigenvalue weighted by molar-refractivity contribution is 6.10. The molecule has 0 amide bonds. The summed E-state index contributed by atoms with van der Waals surface area (Å²) in [6.07, 6.45) is 0. The minimum Gasteiger partial charge on any atom is -0.327 e. The molecule has 0 bridgehead atoms. The molecule has 0 N–H and O–H groups in total.